The molecule has 0 bridgehead atoms. The first-order valence-corrected chi connectivity index (χ1v) is 18.8. The minimum absolute atomic E-state index is 0.589. The maximum atomic E-state index is 6.25. The molecule has 0 atom stereocenters. The van der Waals surface area contributed by atoms with Gasteiger partial charge < -0.3 is 8.98 Å². The van der Waals surface area contributed by atoms with Crippen molar-refractivity contribution >= 4 is 43.7 Å². The third kappa shape index (κ3) is 5.37. The summed E-state index contributed by atoms with van der Waals surface area (Å²) in [6.45, 7) is 0. The van der Waals surface area contributed by atoms with E-state index in [9.17, 15) is 0 Å². The number of rotatable bonds is 6. The number of fused-ring (bicyclic) bond motifs is 6. The number of hydrogen-bond donors (Lipinski definition) is 0. The number of nitrogens with zero attached hydrogens (tertiary/aromatic N) is 4. The van der Waals surface area contributed by atoms with Gasteiger partial charge in [0.05, 0.1) is 11.0 Å². The summed E-state index contributed by atoms with van der Waals surface area (Å²) in [5.74, 6) is 1.81. The predicted molar refractivity (Wildman–Crippen MR) is 229 cm³/mol. The van der Waals surface area contributed by atoms with Crippen LogP contribution in [0.4, 0.5) is 0 Å². The summed E-state index contributed by atoms with van der Waals surface area (Å²) in [5.41, 5.74) is 12.4. The van der Waals surface area contributed by atoms with Gasteiger partial charge in [0, 0.05) is 49.5 Å². The molecule has 0 aliphatic rings. The Morgan fingerprint density at radius 2 is 0.893 bits per heavy atom. The van der Waals surface area contributed by atoms with Crippen LogP contribution in [0.15, 0.2) is 199 Å². The second-order valence-corrected chi connectivity index (χ2v) is 14.0. The van der Waals surface area contributed by atoms with E-state index in [2.05, 4.69) is 144 Å². The van der Waals surface area contributed by atoms with Crippen LogP contribution in [0, 0.1) is 0 Å². The van der Waals surface area contributed by atoms with Gasteiger partial charge in [0.25, 0.3) is 0 Å². The molecule has 0 amide bonds. The molecule has 0 aliphatic carbocycles. The van der Waals surface area contributed by atoms with Crippen LogP contribution < -0.4 is 0 Å². The van der Waals surface area contributed by atoms with Crippen LogP contribution >= 0.6 is 0 Å². The summed E-state index contributed by atoms with van der Waals surface area (Å²) in [7, 11) is 0. The van der Waals surface area contributed by atoms with Crippen LogP contribution in [0.1, 0.15) is 0 Å². The maximum Gasteiger partial charge on any atom is 0.164 e. The standard InChI is InChI=1S/C51H32N4O/c1-4-14-33(15-5-1)40-23-13-24-43-44-31-36(27-29-45(44)55(48(40)43)39-20-8-3-9-21-39)35-18-12-19-37(30-35)50-52-49(34-16-6-2-7-17-34)53-51(54-50)38-26-28-42-41-22-10-11-25-46(41)56-47(42)32-38/h1-32H. The van der Waals surface area contributed by atoms with Crippen LogP contribution in [-0.4, -0.2) is 19.5 Å². The quantitative estimate of drug-likeness (QED) is 0.172. The fourth-order valence-electron chi connectivity index (χ4n) is 8.00. The smallest absolute Gasteiger partial charge is 0.164 e. The van der Waals surface area contributed by atoms with Crippen molar-refractivity contribution in [2.45, 2.75) is 0 Å². The summed E-state index contributed by atoms with van der Waals surface area (Å²) in [6.07, 6.45) is 0. The van der Waals surface area contributed by atoms with E-state index in [0.717, 1.165) is 61.0 Å². The second-order valence-electron chi connectivity index (χ2n) is 14.0. The van der Waals surface area contributed by atoms with Gasteiger partial charge in [-0.3, -0.25) is 0 Å². The lowest BCUT2D eigenvalue weighted by atomic mass is 9.99. The molecular formula is C51H32N4O. The van der Waals surface area contributed by atoms with E-state index >= 15 is 0 Å². The van der Waals surface area contributed by atoms with Crippen LogP contribution in [0.25, 0.3) is 106 Å². The van der Waals surface area contributed by atoms with E-state index in [-0.39, 0.29) is 0 Å². The van der Waals surface area contributed by atoms with E-state index in [1.165, 1.54) is 27.4 Å². The van der Waals surface area contributed by atoms with E-state index in [4.69, 9.17) is 19.4 Å². The van der Waals surface area contributed by atoms with Crippen LogP contribution in [0.2, 0.25) is 0 Å². The zero-order valence-corrected chi connectivity index (χ0v) is 30.2. The molecule has 11 aromatic rings. The van der Waals surface area contributed by atoms with Gasteiger partial charge in [-0.25, -0.2) is 15.0 Å². The minimum atomic E-state index is 0.589. The molecule has 0 saturated carbocycles. The van der Waals surface area contributed by atoms with E-state index < -0.39 is 0 Å². The SMILES string of the molecule is c1ccc(-c2nc(-c3cccc(-c4ccc5c(c4)c4cccc(-c6ccccc6)c4n5-c4ccccc4)c3)nc(-c3ccc4c(c3)oc3ccccc34)n2)cc1. The topological polar surface area (TPSA) is 56.7 Å². The number of aromatic nitrogens is 4. The van der Waals surface area contributed by atoms with Gasteiger partial charge in [0.2, 0.25) is 0 Å². The molecule has 0 saturated heterocycles. The average Bonchev–Trinajstić information content (AvgIpc) is 3.82. The van der Waals surface area contributed by atoms with E-state index in [1.54, 1.807) is 0 Å². The monoisotopic (exact) mass is 716 g/mol. The molecule has 0 N–H and O–H groups in total. The Morgan fingerprint density at radius 3 is 1.68 bits per heavy atom. The molecule has 11 rings (SSSR count). The molecule has 5 nitrogen and oxygen atoms in total. The molecule has 3 aromatic heterocycles. The lowest BCUT2D eigenvalue weighted by molar-refractivity contribution is 0.669. The minimum Gasteiger partial charge on any atom is -0.456 e. The van der Waals surface area contributed by atoms with Crippen molar-refractivity contribution in [2.24, 2.45) is 0 Å². The van der Waals surface area contributed by atoms with Crippen molar-refractivity contribution in [3.05, 3.63) is 194 Å². The van der Waals surface area contributed by atoms with Crippen LogP contribution in [0.3, 0.4) is 0 Å². The molecule has 0 unspecified atom stereocenters. The van der Waals surface area contributed by atoms with Crippen LogP contribution in [0.5, 0.6) is 0 Å². The Kier molecular flexibility index (Phi) is 7.42. The Bertz CT molecular complexity index is 3240. The van der Waals surface area contributed by atoms with Gasteiger partial charge in [-0.1, -0.05) is 146 Å². The van der Waals surface area contributed by atoms with Gasteiger partial charge in [-0.2, -0.15) is 0 Å². The summed E-state index contributed by atoms with van der Waals surface area (Å²) in [5, 5.41) is 4.56. The van der Waals surface area contributed by atoms with Crippen molar-refractivity contribution in [3.63, 3.8) is 0 Å². The van der Waals surface area contributed by atoms with E-state index in [0.29, 0.717) is 17.5 Å². The largest absolute Gasteiger partial charge is 0.456 e. The first-order chi connectivity index (χ1) is 27.7. The first kappa shape index (κ1) is 31.9. The van der Waals surface area contributed by atoms with Gasteiger partial charge >= 0.3 is 0 Å². The fraction of sp³-hybridized carbons (Fsp3) is 0. The highest BCUT2D eigenvalue weighted by atomic mass is 16.3. The Morgan fingerprint density at radius 1 is 0.339 bits per heavy atom. The van der Waals surface area contributed by atoms with Crippen molar-refractivity contribution in [2.75, 3.05) is 0 Å². The highest BCUT2D eigenvalue weighted by molar-refractivity contribution is 6.14. The number of hydrogen-bond acceptors (Lipinski definition) is 4. The fourth-order valence-corrected chi connectivity index (χ4v) is 8.00. The molecular weight excluding hydrogens is 685 g/mol. The zero-order chi connectivity index (χ0) is 37.0. The highest BCUT2D eigenvalue weighted by Gasteiger charge is 2.19. The molecule has 3 heterocycles. The second kappa shape index (κ2) is 13.0. The highest BCUT2D eigenvalue weighted by Crippen LogP contribution is 2.40. The molecule has 56 heavy (non-hydrogen) atoms. The summed E-state index contributed by atoms with van der Waals surface area (Å²) >= 11 is 0. The summed E-state index contributed by atoms with van der Waals surface area (Å²) in [4.78, 5) is 15.1. The van der Waals surface area contributed by atoms with Crippen LogP contribution in [-0.2, 0) is 0 Å². The molecule has 0 spiro atoms. The Balaban J connectivity index is 1.06. The summed E-state index contributed by atoms with van der Waals surface area (Å²) in [6, 6.07) is 67.6. The first-order valence-electron chi connectivity index (χ1n) is 18.8. The summed E-state index contributed by atoms with van der Waals surface area (Å²) < 4.78 is 8.65. The molecule has 0 fully saturated rings. The molecule has 0 aliphatic heterocycles. The van der Waals surface area contributed by atoms with Gasteiger partial charge in [-0.05, 0) is 65.2 Å². The Hall–Kier alpha value is -7.63. The van der Waals surface area contributed by atoms with Crippen molar-refractivity contribution in [3.8, 4) is 62.1 Å². The van der Waals surface area contributed by atoms with Crippen molar-refractivity contribution in [1.29, 1.82) is 0 Å². The van der Waals surface area contributed by atoms with Gasteiger partial charge in [-0.15, -0.1) is 0 Å². The maximum absolute atomic E-state index is 6.25. The number of benzene rings is 8. The molecule has 262 valence electrons. The lowest BCUT2D eigenvalue weighted by Gasteiger charge is -2.12. The third-order valence-electron chi connectivity index (χ3n) is 10.6. The van der Waals surface area contributed by atoms with Gasteiger partial charge in [0.15, 0.2) is 17.5 Å². The molecule has 0 radical (unpaired) electrons. The molecule has 8 aromatic carbocycles. The van der Waals surface area contributed by atoms with Crippen molar-refractivity contribution in [1.82, 2.24) is 19.5 Å². The third-order valence-corrected chi connectivity index (χ3v) is 10.6. The molecule has 5 heteroatoms. The van der Waals surface area contributed by atoms with Crippen molar-refractivity contribution < 1.29 is 4.42 Å². The average molecular weight is 717 g/mol. The number of para-hydroxylation sites is 3. The van der Waals surface area contributed by atoms with Gasteiger partial charge in [0.1, 0.15) is 11.2 Å². The number of furan rings is 1. The predicted octanol–water partition coefficient (Wildman–Crippen LogP) is 13.2. The lowest BCUT2D eigenvalue weighted by Crippen LogP contribution is -2.00. The Labute approximate surface area is 322 Å². The zero-order valence-electron chi connectivity index (χ0n) is 30.2. The van der Waals surface area contributed by atoms with E-state index in [1.807, 2.05) is 54.6 Å². The normalized spacial score (nSPS) is 11.6.